The highest BCUT2D eigenvalue weighted by atomic mass is 32.1. The first-order chi connectivity index (χ1) is 15.6. The second-order valence-corrected chi connectivity index (χ2v) is 11.9. The van der Waals surface area contributed by atoms with Gasteiger partial charge >= 0.3 is 6.18 Å². The van der Waals surface area contributed by atoms with Gasteiger partial charge in [-0.25, -0.2) is 4.98 Å². The van der Waals surface area contributed by atoms with E-state index in [1.54, 1.807) is 11.3 Å². The van der Waals surface area contributed by atoms with Gasteiger partial charge in [0.25, 0.3) is 0 Å². The number of nitrogens with zero attached hydrogens (tertiary/aromatic N) is 1. The van der Waals surface area contributed by atoms with Gasteiger partial charge in [0.15, 0.2) is 0 Å². The molecular formula is C27H28F3NOS. The summed E-state index contributed by atoms with van der Waals surface area (Å²) in [5.74, 6) is 2.14. The Kier molecular flexibility index (Phi) is 4.60. The average molecular weight is 472 g/mol. The van der Waals surface area contributed by atoms with Crippen molar-refractivity contribution in [3.63, 3.8) is 0 Å². The molecule has 4 aliphatic rings. The highest BCUT2D eigenvalue weighted by molar-refractivity contribution is 7.16. The molecule has 0 N–H and O–H groups in total. The minimum Gasteiger partial charge on any atom is -0.299 e. The molecule has 0 radical (unpaired) electrons. The number of thiazole rings is 1. The Bertz CT molecular complexity index is 1160. The van der Waals surface area contributed by atoms with E-state index in [0.29, 0.717) is 23.5 Å². The summed E-state index contributed by atoms with van der Waals surface area (Å²) in [6.45, 7) is 4.62. The monoisotopic (exact) mass is 471 g/mol. The van der Waals surface area contributed by atoms with Gasteiger partial charge in [-0.15, -0.1) is 11.3 Å². The van der Waals surface area contributed by atoms with Crippen LogP contribution in [-0.4, -0.2) is 10.8 Å². The van der Waals surface area contributed by atoms with E-state index in [9.17, 15) is 18.0 Å². The first-order valence-corrected chi connectivity index (χ1v) is 12.8. The fourth-order valence-corrected chi connectivity index (χ4v) is 8.87. The van der Waals surface area contributed by atoms with Gasteiger partial charge in [-0.1, -0.05) is 32.1 Å². The van der Waals surface area contributed by atoms with Crippen LogP contribution in [0.25, 0.3) is 16.1 Å². The van der Waals surface area contributed by atoms with E-state index >= 15 is 0 Å². The lowest BCUT2D eigenvalue weighted by Gasteiger charge is -2.55. The van der Waals surface area contributed by atoms with E-state index in [-0.39, 0.29) is 10.8 Å². The quantitative estimate of drug-likeness (QED) is 0.429. The lowest BCUT2D eigenvalue weighted by molar-refractivity contribution is -0.137. The molecule has 0 bridgehead atoms. The van der Waals surface area contributed by atoms with Crippen LogP contribution in [0.1, 0.15) is 68.5 Å². The van der Waals surface area contributed by atoms with Gasteiger partial charge < -0.3 is 0 Å². The van der Waals surface area contributed by atoms with Gasteiger partial charge in [-0.2, -0.15) is 13.2 Å². The van der Waals surface area contributed by atoms with Crippen molar-refractivity contribution in [1.29, 1.82) is 0 Å². The molecule has 2 nitrogen and oxygen atoms in total. The fourth-order valence-electron chi connectivity index (χ4n) is 7.57. The zero-order chi connectivity index (χ0) is 23.2. The molecule has 1 aromatic heterocycles. The number of hydrogen-bond acceptors (Lipinski definition) is 3. The Hall–Kier alpha value is -1.95. The maximum Gasteiger partial charge on any atom is 0.416 e. The molecule has 33 heavy (non-hydrogen) atoms. The maximum absolute atomic E-state index is 13.0. The molecule has 0 aliphatic heterocycles. The summed E-state index contributed by atoms with van der Waals surface area (Å²) in [5, 5.41) is 0.804. The van der Waals surface area contributed by atoms with Gasteiger partial charge in [0.05, 0.1) is 16.1 Å². The third-order valence-corrected chi connectivity index (χ3v) is 10.6. The number of ketones is 1. The van der Waals surface area contributed by atoms with Crippen molar-refractivity contribution in [2.24, 2.45) is 28.6 Å². The Balaban J connectivity index is 1.35. The summed E-state index contributed by atoms with van der Waals surface area (Å²) in [5.41, 5.74) is 2.57. The largest absolute Gasteiger partial charge is 0.416 e. The molecule has 2 aromatic rings. The first kappa shape index (κ1) is 21.6. The van der Waals surface area contributed by atoms with Crippen LogP contribution in [0.5, 0.6) is 0 Å². The van der Waals surface area contributed by atoms with Gasteiger partial charge in [0.2, 0.25) is 0 Å². The Morgan fingerprint density at radius 1 is 1.00 bits per heavy atom. The van der Waals surface area contributed by atoms with E-state index in [2.05, 4.69) is 19.9 Å². The Morgan fingerprint density at radius 3 is 2.45 bits per heavy atom. The van der Waals surface area contributed by atoms with Crippen molar-refractivity contribution < 1.29 is 18.0 Å². The number of allylic oxidation sites excluding steroid dienone is 2. The third kappa shape index (κ3) is 3.05. The number of alkyl halides is 3. The first-order valence-electron chi connectivity index (χ1n) is 12.0. The van der Waals surface area contributed by atoms with E-state index in [0.717, 1.165) is 73.3 Å². The second kappa shape index (κ2) is 7.03. The standard InChI is InChI=1S/C27H28F3NOS/c1-25-14-12-21-23(33-24(31-21)15-3-5-16(6-4-15)27(28,29)30)20(25)8-7-17-18-9-10-22(32)26(18,2)13-11-19(17)25/h3-6,8,17-19H,7,9-14H2,1-2H3/t17-,18-,19-,25+,26-/m0/s1. The number of Topliss-reactive ketones (excluding diaryl/α,β-unsaturated/α-hetero) is 1. The molecule has 0 saturated heterocycles. The summed E-state index contributed by atoms with van der Waals surface area (Å²) in [6, 6.07) is 5.37. The molecule has 2 saturated carbocycles. The lowest BCUT2D eigenvalue weighted by Crippen LogP contribution is -2.49. The number of carbonyl (C=O) groups excluding carboxylic acids is 1. The van der Waals surface area contributed by atoms with Crippen molar-refractivity contribution in [3.8, 4) is 10.6 Å². The van der Waals surface area contributed by atoms with E-state index in [1.807, 2.05) is 0 Å². The average Bonchev–Trinajstić information content (AvgIpc) is 3.34. The molecule has 6 heteroatoms. The zero-order valence-corrected chi connectivity index (χ0v) is 19.8. The van der Waals surface area contributed by atoms with Gasteiger partial charge in [0.1, 0.15) is 10.8 Å². The summed E-state index contributed by atoms with van der Waals surface area (Å²) >= 11 is 1.63. The summed E-state index contributed by atoms with van der Waals surface area (Å²) in [7, 11) is 0. The summed E-state index contributed by atoms with van der Waals surface area (Å²) in [6.07, 6.45) is 4.98. The molecule has 1 aromatic carbocycles. The lowest BCUT2D eigenvalue weighted by atomic mass is 9.48. The van der Waals surface area contributed by atoms with Crippen molar-refractivity contribution in [2.45, 2.75) is 65.0 Å². The molecule has 0 amide bonds. The van der Waals surface area contributed by atoms with E-state index in [4.69, 9.17) is 4.98 Å². The van der Waals surface area contributed by atoms with Crippen molar-refractivity contribution in [2.75, 3.05) is 0 Å². The number of rotatable bonds is 1. The van der Waals surface area contributed by atoms with Crippen LogP contribution in [0.2, 0.25) is 0 Å². The number of fused-ring (bicyclic) bond motifs is 7. The number of benzene rings is 1. The van der Waals surface area contributed by atoms with Crippen LogP contribution < -0.4 is 0 Å². The van der Waals surface area contributed by atoms with Crippen LogP contribution in [0.3, 0.4) is 0 Å². The summed E-state index contributed by atoms with van der Waals surface area (Å²) < 4.78 is 38.9. The third-order valence-electron chi connectivity index (χ3n) is 9.46. The van der Waals surface area contributed by atoms with E-state index < -0.39 is 11.7 Å². The second-order valence-electron chi connectivity index (χ2n) is 10.9. The van der Waals surface area contributed by atoms with Crippen LogP contribution in [0.15, 0.2) is 30.3 Å². The summed E-state index contributed by atoms with van der Waals surface area (Å²) in [4.78, 5) is 18.8. The smallest absolute Gasteiger partial charge is 0.299 e. The van der Waals surface area contributed by atoms with Gasteiger partial charge in [-0.05, 0) is 79.4 Å². The van der Waals surface area contributed by atoms with Crippen molar-refractivity contribution >= 4 is 22.7 Å². The van der Waals surface area contributed by atoms with Crippen LogP contribution >= 0.6 is 11.3 Å². The van der Waals surface area contributed by atoms with Crippen LogP contribution in [0, 0.1) is 28.6 Å². The SMILES string of the molecule is C[C@]12CCc3nc(-c4ccc(C(F)(F)F)cc4)sc3C1=CC[C@@H]1[C@@H]2CC[C@]2(C)C(=O)CC[C@@H]12. The predicted octanol–water partition coefficient (Wildman–Crippen LogP) is 7.58. The molecule has 2 fully saturated rings. The topological polar surface area (TPSA) is 30.0 Å². The molecule has 6 rings (SSSR count). The molecule has 5 atom stereocenters. The predicted molar refractivity (Wildman–Crippen MR) is 124 cm³/mol. The molecule has 1 heterocycles. The van der Waals surface area contributed by atoms with Crippen molar-refractivity contribution in [3.05, 3.63) is 46.5 Å². The Labute approximate surface area is 196 Å². The van der Waals surface area contributed by atoms with E-state index in [1.165, 1.54) is 22.6 Å². The molecular weight excluding hydrogens is 443 g/mol. The van der Waals surface area contributed by atoms with Crippen LogP contribution in [0.4, 0.5) is 13.2 Å². The molecule has 0 spiro atoms. The Morgan fingerprint density at radius 2 is 1.73 bits per heavy atom. The van der Waals surface area contributed by atoms with Gasteiger partial charge in [0, 0.05) is 17.4 Å². The number of carbonyl (C=O) groups is 1. The number of halogens is 3. The zero-order valence-electron chi connectivity index (χ0n) is 19.0. The molecule has 0 unspecified atom stereocenters. The highest BCUT2D eigenvalue weighted by Crippen LogP contribution is 2.65. The molecule has 174 valence electrons. The maximum atomic E-state index is 13.0. The van der Waals surface area contributed by atoms with Gasteiger partial charge in [-0.3, -0.25) is 4.79 Å². The van der Waals surface area contributed by atoms with Crippen LogP contribution in [-0.2, 0) is 17.4 Å². The highest BCUT2D eigenvalue weighted by Gasteiger charge is 2.58. The number of hydrogen-bond donors (Lipinski definition) is 0. The normalized spacial score (nSPS) is 35.4. The number of aromatic nitrogens is 1. The molecule has 4 aliphatic carbocycles. The fraction of sp³-hybridized carbons (Fsp3) is 0.556. The minimum absolute atomic E-state index is 0.0901. The number of aryl methyl sites for hydroxylation is 1. The minimum atomic E-state index is -4.33. The van der Waals surface area contributed by atoms with Crippen molar-refractivity contribution in [1.82, 2.24) is 4.98 Å².